The van der Waals surface area contributed by atoms with Crippen molar-refractivity contribution in [1.82, 2.24) is 10.6 Å². The molecule has 0 aliphatic carbocycles. The summed E-state index contributed by atoms with van der Waals surface area (Å²) in [5.74, 6) is 3.25. The van der Waals surface area contributed by atoms with Crippen LogP contribution in [0.3, 0.4) is 0 Å². The van der Waals surface area contributed by atoms with Crippen LogP contribution in [-0.4, -0.2) is 204 Å². The van der Waals surface area contributed by atoms with E-state index in [9.17, 15) is 0 Å². The van der Waals surface area contributed by atoms with E-state index in [4.69, 9.17) is 62.5 Å². The summed E-state index contributed by atoms with van der Waals surface area (Å²) >= 11 is 0. The van der Waals surface area contributed by atoms with E-state index in [1.165, 1.54) is 103 Å². The molecule has 9 aliphatic rings. The largest absolute Gasteiger partial charge is 2.00 e. The van der Waals surface area contributed by atoms with E-state index in [1.54, 1.807) is 9.80 Å². The van der Waals surface area contributed by atoms with E-state index in [0.717, 1.165) is 47.8 Å². The standard InChI is InChI=1S/C36H62N8.4CH4O3S.Cu/c1-41-13-5-9-21-25-18-30-35-23(11-7-15-43(35)3)27(39-30)20-32-36-24(12-8-16-44(36)4)28(40-32)19-31-34-22(10-6-14-42(34)2)26(38-31)17-29(37-25)33(21)41;4*1-5(2,3)4;/h21-37,40H,5-20H2,1-4H3;4*1H3,(H,2,3,4);/q-2;;;;;+2. The minimum absolute atomic E-state index is 0. The number of likely N-dealkylation sites (tertiary alicyclic amines) is 4. The molecule has 0 spiro atoms. The van der Waals surface area contributed by atoms with Gasteiger partial charge in [0.2, 0.25) is 0 Å². The van der Waals surface area contributed by atoms with Gasteiger partial charge in [0.1, 0.15) is 12.1 Å². The molecule has 9 heterocycles. The third-order valence-corrected chi connectivity index (χ3v) is 15.9. The maximum Gasteiger partial charge on any atom is 2.00 e. The molecular weight excluding hydrogens is 976 g/mol. The van der Waals surface area contributed by atoms with E-state index in [1.807, 2.05) is 9.80 Å². The summed E-state index contributed by atoms with van der Waals surface area (Å²) in [5.41, 5.74) is 0. The molecule has 0 saturated carbocycles. The number of piperidine rings is 4. The molecule has 20 atom stereocenters. The Kier molecular flexibility index (Phi) is 20.7. The SMILES string of the molecule is CS(=O)(=O)[O-].CS(=O)(=O)[O-].CS(=O)(=O)[O-].CS(=O)(=O)[O-].C[NH+]1CCCC2C3CC4NC(CC5[N-]C(CC6NC(CC([N-]3)C21)C1CCC[NH+](C)C61)C1CCC[NH+](C)C51)C1CCC[NH+](C)C41.[Cu+2]. The molecule has 8 bridgehead atoms. The normalized spacial score (nSPS) is 44.4. The second kappa shape index (κ2) is 23.4. The number of likely N-dealkylation sites (N-methyl/N-ethyl adjacent to an activating group) is 4. The fraction of sp³-hybridized carbons (Fsp3) is 1.00. The minimum Gasteiger partial charge on any atom is -0.748 e. The van der Waals surface area contributed by atoms with Crippen LogP contribution < -0.4 is 30.2 Å². The summed E-state index contributed by atoms with van der Waals surface area (Å²) in [6.07, 6.45) is 18.9. The van der Waals surface area contributed by atoms with Crippen molar-refractivity contribution in [2.45, 2.75) is 150 Å². The van der Waals surface area contributed by atoms with Crippen LogP contribution in [0.15, 0.2) is 0 Å². The van der Waals surface area contributed by atoms with Crippen molar-refractivity contribution < 1.29 is 88.6 Å². The molecular formula is C40H78CuN8O12S4. The van der Waals surface area contributed by atoms with Gasteiger partial charge in [-0.1, -0.05) is 12.1 Å². The third-order valence-electron chi connectivity index (χ3n) is 15.9. The van der Waals surface area contributed by atoms with Crippen molar-refractivity contribution in [3.8, 4) is 0 Å². The molecule has 65 heavy (non-hydrogen) atoms. The second-order valence-electron chi connectivity index (χ2n) is 20.8. The molecule has 20 unspecified atom stereocenters. The van der Waals surface area contributed by atoms with Gasteiger partial charge >= 0.3 is 17.1 Å². The van der Waals surface area contributed by atoms with E-state index in [2.05, 4.69) is 38.8 Å². The van der Waals surface area contributed by atoms with Crippen LogP contribution in [0.2, 0.25) is 0 Å². The van der Waals surface area contributed by atoms with Crippen molar-refractivity contribution in [2.24, 2.45) is 23.7 Å². The van der Waals surface area contributed by atoms with Crippen LogP contribution in [0.1, 0.15) is 77.0 Å². The molecule has 0 aromatic carbocycles. The first-order chi connectivity index (χ1) is 29.4. The Labute approximate surface area is 400 Å². The number of hydrogen-bond donors (Lipinski definition) is 6. The van der Waals surface area contributed by atoms with Crippen LogP contribution in [0, 0.1) is 23.7 Å². The first kappa shape index (κ1) is 57.4. The topological polar surface area (TPSA) is 299 Å². The van der Waals surface area contributed by atoms with Crippen LogP contribution in [-0.2, 0) is 57.5 Å². The van der Waals surface area contributed by atoms with E-state index in [-0.39, 0.29) is 17.1 Å². The zero-order valence-corrected chi connectivity index (χ0v) is 43.5. The van der Waals surface area contributed by atoms with Crippen molar-refractivity contribution in [3.63, 3.8) is 0 Å². The van der Waals surface area contributed by atoms with Crippen LogP contribution >= 0.6 is 0 Å². The summed E-state index contributed by atoms with van der Waals surface area (Å²) in [5, 5.41) is 20.7. The number of fused-ring (bicyclic) bond motifs is 20. The fourth-order valence-corrected chi connectivity index (χ4v) is 14.3. The maximum absolute atomic E-state index is 9.08. The van der Waals surface area contributed by atoms with E-state index < -0.39 is 40.5 Å². The first-order valence-corrected chi connectivity index (χ1v) is 30.6. The monoisotopic (exact) mass is 1050 g/mol. The maximum atomic E-state index is 9.08. The number of hydrogen-bond acceptors (Lipinski definition) is 14. The molecule has 0 aromatic rings. The van der Waals surface area contributed by atoms with Gasteiger partial charge in [0.15, 0.2) is 0 Å². The van der Waals surface area contributed by atoms with Crippen molar-refractivity contribution in [3.05, 3.63) is 10.6 Å². The number of quaternary nitrogens is 4. The summed E-state index contributed by atoms with van der Waals surface area (Å²) < 4.78 is 109. The van der Waals surface area contributed by atoms with Gasteiger partial charge < -0.3 is 59.1 Å². The predicted molar refractivity (Wildman–Crippen MR) is 237 cm³/mol. The van der Waals surface area contributed by atoms with Gasteiger partial charge in [-0.3, -0.25) is 0 Å². The molecule has 9 saturated heterocycles. The Hall–Kier alpha value is -0.161. The Bertz CT molecular complexity index is 1680. The molecule has 25 heteroatoms. The zero-order valence-electron chi connectivity index (χ0n) is 39.3. The Balaban J connectivity index is 0.000000373. The molecule has 9 aliphatic heterocycles. The summed E-state index contributed by atoms with van der Waals surface area (Å²) in [6.45, 7) is 5.42. The average Bonchev–Trinajstić information content (AvgIpc) is 3.86. The molecule has 1 radical (unpaired) electrons. The van der Waals surface area contributed by atoms with Gasteiger partial charge in [-0.05, 0) is 88.9 Å². The van der Waals surface area contributed by atoms with Crippen molar-refractivity contribution in [2.75, 3.05) is 79.4 Å². The van der Waals surface area contributed by atoms with Gasteiger partial charge in [0.25, 0.3) is 0 Å². The molecule has 385 valence electrons. The first-order valence-electron chi connectivity index (χ1n) is 23.3. The predicted octanol–water partition coefficient (Wildman–Crippen LogP) is -5.69. The van der Waals surface area contributed by atoms with Gasteiger partial charge in [-0.25, -0.2) is 33.7 Å². The van der Waals surface area contributed by atoms with Crippen molar-refractivity contribution in [1.29, 1.82) is 0 Å². The van der Waals surface area contributed by atoms with Gasteiger partial charge in [0, 0.05) is 48.9 Å². The number of nitrogens with one attached hydrogen (secondary N) is 6. The van der Waals surface area contributed by atoms with E-state index >= 15 is 0 Å². The molecule has 0 amide bonds. The van der Waals surface area contributed by atoms with Crippen LogP contribution in [0.4, 0.5) is 0 Å². The molecule has 0 aromatic heterocycles. The van der Waals surface area contributed by atoms with Gasteiger partial charge in [-0.2, -0.15) is 0 Å². The summed E-state index contributed by atoms with van der Waals surface area (Å²) in [4.78, 5) is 7.23. The van der Waals surface area contributed by atoms with E-state index in [0.29, 0.717) is 73.4 Å². The van der Waals surface area contributed by atoms with Crippen LogP contribution in [0.5, 0.6) is 0 Å². The quantitative estimate of drug-likeness (QED) is 0.0975. The Morgan fingerprint density at radius 1 is 0.400 bits per heavy atom. The van der Waals surface area contributed by atoms with Crippen LogP contribution in [0.25, 0.3) is 10.6 Å². The second-order valence-corrected chi connectivity index (χ2v) is 26.4. The summed E-state index contributed by atoms with van der Waals surface area (Å²) in [6, 6.07) is 7.81. The zero-order chi connectivity index (χ0) is 47.7. The Morgan fingerprint density at radius 2 is 0.631 bits per heavy atom. The smallest absolute Gasteiger partial charge is 0.748 e. The third kappa shape index (κ3) is 17.0. The van der Waals surface area contributed by atoms with Gasteiger partial charge in [-0.15, -0.1) is 12.1 Å². The molecule has 9 rings (SSSR count). The Morgan fingerprint density at radius 3 is 0.908 bits per heavy atom. The fourth-order valence-electron chi connectivity index (χ4n) is 14.3. The molecule has 9 fully saturated rings. The number of nitrogens with zero attached hydrogens (tertiary/aromatic N) is 2. The molecule has 20 nitrogen and oxygen atoms in total. The van der Waals surface area contributed by atoms with Gasteiger partial charge in [0.05, 0.1) is 119 Å². The molecule has 6 N–H and O–H groups in total. The van der Waals surface area contributed by atoms with Crippen molar-refractivity contribution >= 4 is 40.5 Å². The number of rotatable bonds is 0. The summed E-state index contributed by atoms with van der Waals surface area (Å²) in [7, 11) is -5.57. The average molecular weight is 1050 g/mol. The minimum atomic E-state index is -3.92.